The van der Waals surface area contributed by atoms with E-state index in [1.807, 2.05) is 18.2 Å². The van der Waals surface area contributed by atoms with E-state index in [0.29, 0.717) is 23.7 Å². The molecular formula is C18H20ClN3O2. The van der Waals surface area contributed by atoms with Crippen LogP contribution < -0.4 is 10.6 Å². The van der Waals surface area contributed by atoms with Crippen molar-refractivity contribution in [2.24, 2.45) is 0 Å². The molecule has 1 aromatic carbocycles. The van der Waals surface area contributed by atoms with Gasteiger partial charge in [-0.15, -0.1) is 0 Å². The fourth-order valence-electron chi connectivity index (χ4n) is 2.08. The molecule has 1 heterocycles. The van der Waals surface area contributed by atoms with Crippen LogP contribution in [0.2, 0.25) is 5.02 Å². The zero-order valence-corrected chi connectivity index (χ0v) is 14.3. The second-order valence-electron chi connectivity index (χ2n) is 5.31. The molecule has 24 heavy (non-hydrogen) atoms. The zero-order valence-electron chi connectivity index (χ0n) is 13.5. The van der Waals surface area contributed by atoms with Crippen molar-refractivity contribution in [3.63, 3.8) is 0 Å². The van der Waals surface area contributed by atoms with Gasteiger partial charge in [0, 0.05) is 29.9 Å². The van der Waals surface area contributed by atoms with Gasteiger partial charge in [-0.05, 0) is 30.2 Å². The summed E-state index contributed by atoms with van der Waals surface area (Å²) in [5.41, 5.74) is 1.44. The third-order valence-electron chi connectivity index (χ3n) is 3.47. The van der Waals surface area contributed by atoms with Gasteiger partial charge >= 0.3 is 0 Å². The Morgan fingerprint density at radius 3 is 2.67 bits per heavy atom. The summed E-state index contributed by atoms with van der Waals surface area (Å²) < 4.78 is 0. The van der Waals surface area contributed by atoms with Gasteiger partial charge in [-0.3, -0.25) is 14.6 Å². The summed E-state index contributed by atoms with van der Waals surface area (Å²) in [5.74, 6) is -0.552. The Hall–Kier alpha value is -2.40. The Bertz CT molecular complexity index is 719. The Kier molecular flexibility index (Phi) is 6.75. The number of nitrogens with one attached hydrogen (secondary N) is 2. The second-order valence-corrected chi connectivity index (χ2v) is 5.72. The zero-order chi connectivity index (χ0) is 17.4. The van der Waals surface area contributed by atoms with Crippen molar-refractivity contribution < 1.29 is 9.59 Å². The molecule has 2 rings (SSSR count). The molecule has 6 heteroatoms. The van der Waals surface area contributed by atoms with E-state index in [1.54, 1.807) is 12.1 Å². The van der Waals surface area contributed by atoms with Crippen LogP contribution in [0.3, 0.4) is 0 Å². The summed E-state index contributed by atoms with van der Waals surface area (Å²) in [6.45, 7) is 2.97. The summed E-state index contributed by atoms with van der Waals surface area (Å²) in [5, 5.41) is 6.16. The Labute approximate surface area is 146 Å². The van der Waals surface area contributed by atoms with Crippen LogP contribution >= 0.6 is 11.6 Å². The smallest absolute Gasteiger partial charge is 0.270 e. The number of carbonyl (C=O) groups is 2. The number of benzene rings is 1. The van der Waals surface area contributed by atoms with Gasteiger partial charge in [0.1, 0.15) is 5.69 Å². The van der Waals surface area contributed by atoms with Crippen molar-refractivity contribution in [1.29, 1.82) is 0 Å². The Morgan fingerprint density at radius 1 is 1.12 bits per heavy atom. The molecule has 0 fully saturated rings. The quantitative estimate of drug-likeness (QED) is 0.757. The van der Waals surface area contributed by atoms with Crippen molar-refractivity contribution in [2.75, 3.05) is 6.54 Å². The van der Waals surface area contributed by atoms with Crippen LogP contribution in [-0.2, 0) is 6.54 Å². The topological polar surface area (TPSA) is 71.1 Å². The summed E-state index contributed by atoms with van der Waals surface area (Å²) in [7, 11) is 0. The minimum Gasteiger partial charge on any atom is -0.352 e. The second kappa shape index (κ2) is 9.03. The highest BCUT2D eigenvalue weighted by Crippen LogP contribution is 2.14. The molecular weight excluding hydrogens is 326 g/mol. The Morgan fingerprint density at radius 2 is 1.92 bits per heavy atom. The van der Waals surface area contributed by atoms with Gasteiger partial charge in [-0.1, -0.05) is 43.1 Å². The minimum atomic E-state index is -0.349. The monoisotopic (exact) mass is 345 g/mol. The predicted molar refractivity (Wildman–Crippen MR) is 94.1 cm³/mol. The average Bonchev–Trinajstić information content (AvgIpc) is 2.61. The number of pyridine rings is 1. The molecule has 0 saturated heterocycles. The maximum atomic E-state index is 12.2. The van der Waals surface area contributed by atoms with E-state index < -0.39 is 0 Å². The lowest BCUT2D eigenvalue weighted by molar-refractivity contribution is 0.0946. The van der Waals surface area contributed by atoms with Gasteiger partial charge < -0.3 is 10.6 Å². The third-order valence-corrected chi connectivity index (χ3v) is 3.84. The van der Waals surface area contributed by atoms with Crippen LogP contribution in [-0.4, -0.2) is 23.3 Å². The normalized spacial score (nSPS) is 10.2. The molecule has 2 amide bonds. The van der Waals surface area contributed by atoms with Crippen LogP contribution in [0.15, 0.2) is 42.6 Å². The van der Waals surface area contributed by atoms with Gasteiger partial charge in [-0.25, -0.2) is 0 Å². The minimum absolute atomic E-state index is 0.199. The van der Waals surface area contributed by atoms with Crippen LogP contribution in [0.1, 0.15) is 46.2 Å². The van der Waals surface area contributed by atoms with Crippen LogP contribution in [0.25, 0.3) is 0 Å². The van der Waals surface area contributed by atoms with E-state index in [0.717, 1.165) is 18.4 Å². The molecule has 0 atom stereocenters. The van der Waals surface area contributed by atoms with Crippen molar-refractivity contribution in [3.8, 4) is 0 Å². The van der Waals surface area contributed by atoms with Gasteiger partial charge in [0.15, 0.2) is 0 Å². The van der Waals surface area contributed by atoms with Crippen LogP contribution in [0.4, 0.5) is 0 Å². The lowest BCUT2D eigenvalue weighted by Gasteiger charge is -2.08. The number of nitrogens with zero attached hydrogens (tertiary/aromatic N) is 1. The average molecular weight is 346 g/mol. The molecule has 2 N–H and O–H groups in total. The first-order valence-electron chi connectivity index (χ1n) is 7.87. The van der Waals surface area contributed by atoms with Gasteiger partial charge in [-0.2, -0.15) is 0 Å². The fraction of sp³-hybridized carbons (Fsp3) is 0.278. The molecule has 0 spiro atoms. The van der Waals surface area contributed by atoms with Crippen LogP contribution in [0.5, 0.6) is 0 Å². The molecule has 0 aliphatic heterocycles. The predicted octanol–water partition coefficient (Wildman–Crippen LogP) is 3.19. The molecule has 0 bridgehead atoms. The highest BCUT2D eigenvalue weighted by atomic mass is 35.5. The summed E-state index contributed by atoms with van der Waals surface area (Å²) in [6, 6.07) is 10.4. The fourth-order valence-corrected chi connectivity index (χ4v) is 2.29. The molecule has 0 radical (unpaired) electrons. The molecule has 0 saturated carbocycles. The molecule has 2 aromatic rings. The van der Waals surface area contributed by atoms with E-state index in [-0.39, 0.29) is 17.5 Å². The number of aromatic nitrogens is 1. The number of unbranched alkanes of at least 4 members (excludes halogenated alkanes) is 1. The number of carbonyl (C=O) groups excluding carboxylic acids is 2. The largest absolute Gasteiger partial charge is 0.352 e. The SMILES string of the molecule is CCCCNC(=O)c1ccnc(C(=O)NCc2ccccc2Cl)c1. The van der Waals surface area contributed by atoms with Crippen LogP contribution in [0, 0.1) is 0 Å². The van der Waals surface area contributed by atoms with E-state index in [4.69, 9.17) is 11.6 Å². The van der Waals surface area contributed by atoms with Gasteiger partial charge in [0.25, 0.3) is 11.8 Å². The number of halogens is 1. The van der Waals surface area contributed by atoms with E-state index in [9.17, 15) is 9.59 Å². The molecule has 0 aliphatic rings. The summed E-state index contributed by atoms with van der Waals surface area (Å²) >= 11 is 6.06. The summed E-state index contributed by atoms with van der Waals surface area (Å²) in [6.07, 6.45) is 3.38. The third kappa shape index (κ3) is 5.06. The van der Waals surface area contributed by atoms with Gasteiger partial charge in [0.2, 0.25) is 0 Å². The number of hydrogen-bond donors (Lipinski definition) is 2. The molecule has 1 aromatic heterocycles. The van der Waals surface area contributed by atoms with Crippen molar-refractivity contribution in [2.45, 2.75) is 26.3 Å². The van der Waals surface area contributed by atoms with E-state index >= 15 is 0 Å². The Balaban J connectivity index is 1.98. The first-order valence-corrected chi connectivity index (χ1v) is 8.25. The number of hydrogen-bond acceptors (Lipinski definition) is 3. The van der Waals surface area contributed by atoms with Crippen molar-refractivity contribution in [1.82, 2.24) is 15.6 Å². The molecule has 5 nitrogen and oxygen atoms in total. The molecule has 0 aliphatic carbocycles. The summed E-state index contributed by atoms with van der Waals surface area (Å²) in [4.78, 5) is 28.3. The number of rotatable bonds is 7. The molecule has 0 unspecified atom stereocenters. The number of amides is 2. The lowest BCUT2D eigenvalue weighted by atomic mass is 10.2. The van der Waals surface area contributed by atoms with Crippen molar-refractivity contribution in [3.05, 3.63) is 64.4 Å². The maximum Gasteiger partial charge on any atom is 0.270 e. The van der Waals surface area contributed by atoms with Gasteiger partial charge in [0.05, 0.1) is 0 Å². The molecule has 126 valence electrons. The first-order chi connectivity index (χ1) is 11.6. The highest BCUT2D eigenvalue weighted by Gasteiger charge is 2.12. The lowest BCUT2D eigenvalue weighted by Crippen LogP contribution is -2.27. The maximum absolute atomic E-state index is 12.2. The highest BCUT2D eigenvalue weighted by molar-refractivity contribution is 6.31. The van der Waals surface area contributed by atoms with E-state index in [2.05, 4.69) is 22.5 Å². The van der Waals surface area contributed by atoms with E-state index in [1.165, 1.54) is 12.3 Å². The standard InChI is InChI=1S/C18H20ClN3O2/c1-2-3-9-21-17(23)13-8-10-20-16(11-13)18(24)22-12-14-6-4-5-7-15(14)19/h4-8,10-11H,2-3,9,12H2,1H3,(H,21,23)(H,22,24). The van der Waals surface area contributed by atoms with Crippen molar-refractivity contribution >= 4 is 23.4 Å². The first kappa shape index (κ1) is 17.9.